The summed E-state index contributed by atoms with van der Waals surface area (Å²) in [5.74, 6) is 0.716. The van der Waals surface area contributed by atoms with Gasteiger partial charge >= 0.3 is 0 Å². The van der Waals surface area contributed by atoms with Crippen molar-refractivity contribution in [1.29, 1.82) is 0 Å². The first-order valence-electron chi connectivity index (χ1n) is 3.58. The molecule has 2 aromatic rings. The smallest absolute Gasteiger partial charge is 0.139 e. The van der Waals surface area contributed by atoms with Crippen LogP contribution in [-0.2, 0) is 0 Å². The molecule has 2 aromatic heterocycles. The van der Waals surface area contributed by atoms with Crippen molar-refractivity contribution < 1.29 is 4.74 Å². The van der Waals surface area contributed by atoms with Gasteiger partial charge in [-0.05, 0) is 6.07 Å². The van der Waals surface area contributed by atoms with Gasteiger partial charge in [0.2, 0.25) is 0 Å². The lowest BCUT2D eigenvalue weighted by Crippen LogP contribution is -1.85. The van der Waals surface area contributed by atoms with Crippen molar-refractivity contribution in [3.05, 3.63) is 18.5 Å². The van der Waals surface area contributed by atoms with Crippen LogP contribution in [0.2, 0.25) is 0 Å². The summed E-state index contributed by atoms with van der Waals surface area (Å²) in [7, 11) is 1.60. The third-order valence-electron chi connectivity index (χ3n) is 1.77. The van der Waals surface area contributed by atoms with E-state index in [0.717, 1.165) is 11.0 Å². The van der Waals surface area contributed by atoms with Gasteiger partial charge in [0.05, 0.1) is 19.0 Å². The number of H-pyrrole nitrogens is 1. The highest BCUT2D eigenvalue weighted by Crippen LogP contribution is 2.22. The van der Waals surface area contributed by atoms with Gasteiger partial charge in [-0.3, -0.25) is 0 Å². The number of rotatable bonds is 1. The molecule has 0 radical (unpaired) electrons. The van der Waals surface area contributed by atoms with Gasteiger partial charge < -0.3 is 15.5 Å². The summed E-state index contributed by atoms with van der Waals surface area (Å²) >= 11 is 0. The number of aromatic amines is 1. The fourth-order valence-corrected chi connectivity index (χ4v) is 1.12. The number of methoxy groups -OCH3 is 1. The van der Waals surface area contributed by atoms with E-state index >= 15 is 0 Å². The van der Waals surface area contributed by atoms with Gasteiger partial charge in [0.25, 0.3) is 0 Å². The van der Waals surface area contributed by atoms with Crippen LogP contribution in [-0.4, -0.2) is 17.1 Å². The molecule has 4 nitrogen and oxygen atoms in total. The van der Waals surface area contributed by atoms with E-state index in [1.165, 1.54) is 0 Å². The molecule has 0 aliphatic heterocycles. The number of nitrogens with two attached hydrogens (primary N) is 1. The van der Waals surface area contributed by atoms with E-state index in [0.29, 0.717) is 11.4 Å². The normalized spacial score (nSPS) is 10.4. The summed E-state index contributed by atoms with van der Waals surface area (Å²) in [5, 5.41) is 0.898. The number of nitrogens with one attached hydrogen (secondary N) is 1. The molecule has 0 unspecified atom stereocenters. The SMILES string of the molecule is COc1cnc2[nH]cc(N)c2c1. The predicted molar refractivity (Wildman–Crippen MR) is 47.1 cm³/mol. The van der Waals surface area contributed by atoms with Crippen LogP contribution in [0.3, 0.4) is 0 Å². The highest BCUT2D eigenvalue weighted by atomic mass is 16.5. The molecule has 4 heteroatoms. The van der Waals surface area contributed by atoms with Gasteiger partial charge in [-0.25, -0.2) is 4.98 Å². The van der Waals surface area contributed by atoms with Crippen molar-refractivity contribution in [3.63, 3.8) is 0 Å². The summed E-state index contributed by atoms with van der Waals surface area (Å²) in [6.07, 6.45) is 3.37. The maximum Gasteiger partial charge on any atom is 0.139 e. The average Bonchev–Trinajstić information content (AvgIpc) is 2.47. The number of hydrogen-bond donors (Lipinski definition) is 2. The molecule has 12 heavy (non-hydrogen) atoms. The molecule has 62 valence electrons. The number of ether oxygens (including phenoxy) is 1. The number of hydrogen-bond acceptors (Lipinski definition) is 3. The first-order chi connectivity index (χ1) is 5.81. The van der Waals surface area contributed by atoms with E-state index in [9.17, 15) is 0 Å². The second kappa shape index (κ2) is 2.41. The van der Waals surface area contributed by atoms with Crippen LogP contribution in [0.1, 0.15) is 0 Å². The molecular formula is C8H9N3O. The zero-order chi connectivity index (χ0) is 8.55. The minimum Gasteiger partial charge on any atom is -0.495 e. The monoisotopic (exact) mass is 163 g/mol. The van der Waals surface area contributed by atoms with E-state index < -0.39 is 0 Å². The van der Waals surface area contributed by atoms with Crippen molar-refractivity contribution in [2.24, 2.45) is 0 Å². The second-order valence-electron chi connectivity index (χ2n) is 2.52. The molecule has 2 rings (SSSR count). The maximum absolute atomic E-state index is 5.67. The van der Waals surface area contributed by atoms with E-state index in [-0.39, 0.29) is 0 Å². The summed E-state index contributed by atoms with van der Waals surface area (Å²) in [5.41, 5.74) is 7.15. The Morgan fingerprint density at radius 3 is 3.17 bits per heavy atom. The molecule has 2 heterocycles. The van der Waals surface area contributed by atoms with Crippen LogP contribution in [0.25, 0.3) is 11.0 Å². The number of nitrogen functional groups attached to an aromatic ring is 1. The molecule has 0 atom stereocenters. The lowest BCUT2D eigenvalue weighted by molar-refractivity contribution is 0.414. The topological polar surface area (TPSA) is 63.9 Å². The average molecular weight is 163 g/mol. The maximum atomic E-state index is 5.67. The number of nitrogens with zero attached hydrogens (tertiary/aromatic N) is 1. The van der Waals surface area contributed by atoms with Gasteiger partial charge in [-0.1, -0.05) is 0 Å². The van der Waals surface area contributed by atoms with Gasteiger partial charge in [0, 0.05) is 11.6 Å². The first kappa shape index (κ1) is 6.97. The van der Waals surface area contributed by atoms with Crippen molar-refractivity contribution in [3.8, 4) is 5.75 Å². The van der Waals surface area contributed by atoms with Gasteiger partial charge in [-0.2, -0.15) is 0 Å². The third kappa shape index (κ3) is 0.887. The Hall–Kier alpha value is -1.71. The fraction of sp³-hybridized carbons (Fsp3) is 0.125. The van der Waals surface area contributed by atoms with Crippen LogP contribution in [0.5, 0.6) is 5.75 Å². The Morgan fingerprint density at radius 1 is 1.58 bits per heavy atom. The zero-order valence-corrected chi connectivity index (χ0v) is 6.66. The first-order valence-corrected chi connectivity index (χ1v) is 3.58. The highest BCUT2D eigenvalue weighted by Gasteiger charge is 2.01. The van der Waals surface area contributed by atoms with E-state index in [1.54, 1.807) is 19.5 Å². The minimum absolute atomic E-state index is 0.691. The van der Waals surface area contributed by atoms with E-state index in [2.05, 4.69) is 9.97 Å². The summed E-state index contributed by atoms with van der Waals surface area (Å²) in [6, 6.07) is 1.86. The Morgan fingerprint density at radius 2 is 2.42 bits per heavy atom. The third-order valence-corrected chi connectivity index (χ3v) is 1.77. The molecule has 0 spiro atoms. The molecule has 3 N–H and O–H groups in total. The largest absolute Gasteiger partial charge is 0.495 e. The van der Waals surface area contributed by atoms with Crippen LogP contribution in [0, 0.1) is 0 Å². The Bertz CT molecular complexity index is 408. The van der Waals surface area contributed by atoms with Gasteiger partial charge in [0.1, 0.15) is 11.4 Å². The number of aromatic nitrogens is 2. The Kier molecular flexibility index (Phi) is 1.40. The quantitative estimate of drug-likeness (QED) is 0.662. The van der Waals surface area contributed by atoms with E-state index in [4.69, 9.17) is 10.5 Å². The Labute approximate surface area is 69.4 Å². The predicted octanol–water partition coefficient (Wildman–Crippen LogP) is 1.15. The van der Waals surface area contributed by atoms with Crippen molar-refractivity contribution in [2.75, 3.05) is 12.8 Å². The molecule has 0 amide bonds. The summed E-state index contributed by atoms with van der Waals surface area (Å²) < 4.78 is 5.01. The van der Waals surface area contributed by atoms with Crippen molar-refractivity contribution >= 4 is 16.7 Å². The molecule has 0 aliphatic carbocycles. The lowest BCUT2D eigenvalue weighted by Gasteiger charge is -1.97. The molecule has 0 fully saturated rings. The summed E-state index contributed by atoms with van der Waals surface area (Å²) in [4.78, 5) is 7.06. The van der Waals surface area contributed by atoms with Gasteiger partial charge in [0.15, 0.2) is 0 Å². The minimum atomic E-state index is 0.691. The van der Waals surface area contributed by atoms with Crippen LogP contribution in [0.15, 0.2) is 18.5 Å². The molecular weight excluding hydrogens is 154 g/mol. The summed E-state index contributed by atoms with van der Waals surface area (Å²) in [6.45, 7) is 0. The molecule has 0 saturated heterocycles. The molecule has 0 bridgehead atoms. The molecule has 0 aromatic carbocycles. The zero-order valence-electron chi connectivity index (χ0n) is 6.66. The van der Waals surface area contributed by atoms with Crippen LogP contribution >= 0.6 is 0 Å². The fourth-order valence-electron chi connectivity index (χ4n) is 1.12. The number of pyridine rings is 1. The Balaban J connectivity index is 2.71. The van der Waals surface area contributed by atoms with Crippen LogP contribution < -0.4 is 10.5 Å². The van der Waals surface area contributed by atoms with Crippen LogP contribution in [0.4, 0.5) is 5.69 Å². The van der Waals surface area contributed by atoms with Crippen molar-refractivity contribution in [1.82, 2.24) is 9.97 Å². The number of anilines is 1. The van der Waals surface area contributed by atoms with Crippen molar-refractivity contribution in [2.45, 2.75) is 0 Å². The number of fused-ring (bicyclic) bond motifs is 1. The lowest BCUT2D eigenvalue weighted by atomic mass is 10.3. The van der Waals surface area contributed by atoms with Gasteiger partial charge in [-0.15, -0.1) is 0 Å². The highest BCUT2D eigenvalue weighted by molar-refractivity contribution is 5.89. The molecule has 0 saturated carbocycles. The van der Waals surface area contributed by atoms with E-state index in [1.807, 2.05) is 6.07 Å². The standard InChI is InChI=1S/C8H9N3O/c1-12-5-2-6-7(9)4-11-8(6)10-3-5/h2-4H,9H2,1H3,(H,10,11). The second-order valence-corrected chi connectivity index (χ2v) is 2.52. The molecule has 0 aliphatic rings.